The Morgan fingerprint density at radius 1 is 1.25 bits per heavy atom. The van der Waals surface area contributed by atoms with E-state index in [1.807, 2.05) is 29.1 Å². The standard InChI is InChI=1S/C21H33N5O.HI/c1-4-22-21(24-16-19(9-12-27)13-17(2)3)23-15-18-7-5-8-20(14-18)26-11-6-10-25-26;/h5-8,10-11,14,17,19,27H,4,9,12-13,15-16H2,1-3H3,(H2,22,23,24);1H. The summed E-state index contributed by atoms with van der Waals surface area (Å²) in [4.78, 5) is 4.72. The molecule has 0 aliphatic carbocycles. The summed E-state index contributed by atoms with van der Waals surface area (Å²) in [6, 6.07) is 10.2. The van der Waals surface area contributed by atoms with Gasteiger partial charge in [-0.1, -0.05) is 26.0 Å². The summed E-state index contributed by atoms with van der Waals surface area (Å²) in [6.07, 6.45) is 5.62. The molecular weight excluding hydrogens is 465 g/mol. The van der Waals surface area contributed by atoms with Gasteiger partial charge in [-0.25, -0.2) is 9.67 Å². The molecule has 2 aromatic rings. The fourth-order valence-corrected chi connectivity index (χ4v) is 3.12. The number of nitrogens with one attached hydrogen (secondary N) is 2. The maximum absolute atomic E-state index is 9.29. The van der Waals surface area contributed by atoms with Gasteiger partial charge in [-0.3, -0.25) is 0 Å². The molecule has 1 aromatic carbocycles. The lowest BCUT2D eigenvalue weighted by molar-refractivity contribution is 0.243. The van der Waals surface area contributed by atoms with Gasteiger partial charge in [0.1, 0.15) is 0 Å². The van der Waals surface area contributed by atoms with Gasteiger partial charge in [-0.15, -0.1) is 24.0 Å². The van der Waals surface area contributed by atoms with Crippen molar-refractivity contribution in [2.45, 2.75) is 40.2 Å². The summed E-state index contributed by atoms with van der Waals surface area (Å²) in [5.41, 5.74) is 2.17. The van der Waals surface area contributed by atoms with Crippen LogP contribution in [0.1, 0.15) is 39.2 Å². The Bertz CT molecular complexity index is 688. The Morgan fingerprint density at radius 2 is 2.07 bits per heavy atom. The molecule has 0 aliphatic heterocycles. The third-order valence-electron chi connectivity index (χ3n) is 4.34. The van der Waals surface area contributed by atoms with Crippen molar-refractivity contribution in [3.63, 3.8) is 0 Å². The van der Waals surface area contributed by atoms with Crippen molar-refractivity contribution in [2.24, 2.45) is 16.8 Å². The molecule has 0 amide bonds. The number of guanidine groups is 1. The summed E-state index contributed by atoms with van der Waals surface area (Å²) < 4.78 is 1.85. The van der Waals surface area contributed by atoms with Crippen LogP contribution in [0.5, 0.6) is 0 Å². The molecule has 156 valence electrons. The van der Waals surface area contributed by atoms with Gasteiger partial charge in [0.2, 0.25) is 0 Å². The maximum Gasteiger partial charge on any atom is 0.191 e. The third kappa shape index (κ3) is 8.60. The summed E-state index contributed by atoms with van der Waals surface area (Å²) in [7, 11) is 0. The van der Waals surface area contributed by atoms with E-state index in [0.717, 1.165) is 43.1 Å². The van der Waals surface area contributed by atoms with Crippen LogP contribution < -0.4 is 10.6 Å². The SMILES string of the molecule is CCNC(=NCc1cccc(-n2cccn2)c1)NCC(CCO)CC(C)C.I. The minimum atomic E-state index is 0. The fraction of sp³-hybridized carbons (Fsp3) is 0.524. The number of benzene rings is 1. The van der Waals surface area contributed by atoms with Gasteiger partial charge < -0.3 is 15.7 Å². The van der Waals surface area contributed by atoms with Crippen molar-refractivity contribution < 1.29 is 5.11 Å². The molecule has 2 rings (SSSR count). The van der Waals surface area contributed by atoms with Crippen LogP contribution >= 0.6 is 24.0 Å². The van der Waals surface area contributed by atoms with Crippen molar-refractivity contribution in [3.05, 3.63) is 48.3 Å². The van der Waals surface area contributed by atoms with Crippen LogP contribution in [0.3, 0.4) is 0 Å². The molecule has 0 saturated carbocycles. The van der Waals surface area contributed by atoms with Crippen LogP contribution in [-0.2, 0) is 6.54 Å². The van der Waals surface area contributed by atoms with Crippen molar-refractivity contribution in [3.8, 4) is 5.69 Å². The molecule has 1 heterocycles. The Kier molecular flexibility index (Phi) is 11.8. The summed E-state index contributed by atoms with van der Waals surface area (Å²) >= 11 is 0. The highest BCUT2D eigenvalue weighted by molar-refractivity contribution is 14.0. The van der Waals surface area contributed by atoms with E-state index >= 15 is 0 Å². The first-order chi connectivity index (χ1) is 13.1. The lowest BCUT2D eigenvalue weighted by Gasteiger charge is -2.20. The van der Waals surface area contributed by atoms with Gasteiger partial charge in [0.05, 0.1) is 12.2 Å². The molecule has 7 heteroatoms. The first-order valence-electron chi connectivity index (χ1n) is 9.84. The molecule has 1 atom stereocenters. The van der Waals surface area contributed by atoms with Crippen molar-refractivity contribution in [1.82, 2.24) is 20.4 Å². The minimum Gasteiger partial charge on any atom is -0.396 e. The maximum atomic E-state index is 9.29. The quantitative estimate of drug-likeness (QED) is 0.266. The Labute approximate surface area is 185 Å². The average Bonchev–Trinajstić information content (AvgIpc) is 3.18. The van der Waals surface area contributed by atoms with Crippen LogP contribution in [0.25, 0.3) is 5.69 Å². The molecule has 28 heavy (non-hydrogen) atoms. The van der Waals surface area contributed by atoms with Crippen molar-refractivity contribution in [1.29, 1.82) is 0 Å². The van der Waals surface area contributed by atoms with Crippen LogP contribution in [0, 0.1) is 11.8 Å². The zero-order chi connectivity index (χ0) is 19.5. The molecule has 0 bridgehead atoms. The third-order valence-corrected chi connectivity index (χ3v) is 4.34. The second-order valence-electron chi connectivity index (χ2n) is 7.20. The fourth-order valence-electron chi connectivity index (χ4n) is 3.12. The summed E-state index contributed by atoms with van der Waals surface area (Å²) in [5, 5.41) is 20.3. The zero-order valence-corrected chi connectivity index (χ0v) is 19.5. The lowest BCUT2D eigenvalue weighted by atomic mass is 9.94. The number of aromatic nitrogens is 2. The van der Waals surface area contributed by atoms with Gasteiger partial charge in [-0.2, -0.15) is 5.10 Å². The number of aliphatic imine (C=N–C) groups is 1. The molecule has 1 unspecified atom stereocenters. The number of hydrogen-bond acceptors (Lipinski definition) is 3. The van der Waals surface area contributed by atoms with Gasteiger partial charge in [-0.05, 0) is 55.4 Å². The van der Waals surface area contributed by atoms with Gasteiger partial charge in [0.25, 0.3) is 0 Å². The van der Waals surface area contributed by atoms with E-state index in [4.69, 9.17) is 4.99 Å². The predicted octanol–water partition coefficient (Wildman–Crippen LogP) is 3.59. The van der Waals surface area contributed by atoms with E-state index in [2.05, 4.69) is 48.6 Å². The first-order valence-corrected chi connectivity index (χ1v) is 9.84. The number of rotatable bonds is 10. The van der Waals surface area contributed by atoms with E-state index in [1.54, 1.807) is 6.20 Å². The molecular formula is C21H34IN5O. The molecule has 0 spiro atoms. The highest BCUT2D eigenvalue weighted by Gasteiger charge is 2.11. The Morgan fingerprint density at radius 3 is 2.71 bits per heavy atom. The summed E-state index contributed by atoms with van der Waals surface area (Å²) in [6.45, 7) is 8.96. The van der Waals surface area contributed by atoms with Crippen LogP contribution in [0.4, 0.5) is 0 Å². The van der Waals surface area contributed by atoms with Gasteiger partial charge >= 0.3 is 0 Å². The zero-order valence-electron chi connectivity index (χ0n) is 17.1. The van der Waals surface area contributed by atoms with E-state index in [1.165, 1.54) is 0 Å². The van der Waals surface area contributed by atoms with E-state index in [-0.39, 0.29) is 30.6 Å². The molecule has 0 radical (unpaired) electrons. The van der Waals surface area contributed by atoms with Crippen molar-refractivity contribution in [2.75, 3.05) is 19.7 Å². The van der Waals surface area contributed by atoms with E-state index in [0.29, 0.717) is 18.4 Å². The lowest BCUT2D eigenvalue weighted by Crippen LogP contribution is -2.40. The van der Waals surface area contributed by atoms with Crippen LogP contribution in [-0.4, -0.2) is 40.5 Å². The first kappa shape index (κ1) is 24.4. The monoisotopic (exact) mass is 499 g/mol. The van der Waals surface area contributed by atoms with Gasteiger partial charge in [0, 0.05) is 32.1 Å². The molecule has 6 nitrogen and oxygen atoms in total. The molecule has 3 N–H and O–H groups in total. The van der Waals surface area contributed by atoms with Gasteiger partial charge in [0.15, 0.2) is 5.96 Å². The summed E-state index contributed by atoms with van der Waals surface area (Å²) in [5.74, 6) is 1.88. The van der Waals surface area contributed by atoms with E-state index in [9.17, 15) is 5.11 Å². The molecule has 0 fully saturated rings. The second kappa shape index (κ2) is 13.5. The van der Waals surface area contributed by atoms with Crippen LogP contribution in [0.2, 0.25) is 0 Å². The smallest absolute Gasteiger partial charge is 0.191 e. The Hall–Kier alpha value is -1.61. The average molecular weight is 499 g/mol. The normalized spacial score (nSPS) is 12.5. The number of nitrogens with zero attached hydrogens (tertiary/aromatic N) is 3. The largest absolute Gasteiger partial charge is 0.396 e. The second-order valence-corrected chi connectivity index (χ2v) is 7.20. The highest BCUT2D eigenvalue weighted by Crippen LogP contribution is 2.14. The topological polar surface area (TPSA) is 74.5 Å². The Balaban J connectivity index is 0.00000392. The number of hydrogen-bond donors (Lipinski definition) is 3. The molecule has 1 aromatic heterocycles. The molecule has 0 aliphatic rings. The molecule has 0 saturated heterocycles. The number of aliphatic hydroxyl groups excluding tert-OH is 1. The van der Waals surface area contributed by atoms with Crippen molar-refractivity contribution >= 4 is 29.9 Å². The predicted molar refractivity (Wildman–Crippen MR) is 126 cm³/mol. The minimum absolute atomic E-state index is 0. The number of aliphatic hydroxyl groups is 1. The van der Waals surface area contributed by atoms with Crippen LogP contribution in [0.15, 0.2) is 47.7 Å². The van der Waals surface area contributed by atoms with E-state index < -0.39 is 0 Å². The number of halogens is 1. The highest BCUT2D eigenvalue weighted by atomic mass is 127.